The number of aliphatic carboxylic acids is 1. The number of carboxylic acids is 1. The van der Waals surface area contributed by atoms with Crippen LogP contribution < -0.4 is 4.74 Å². The van der Waals surface area contributed by atoms with Gasteiger partial charge >= 0.3 is 5.97 Å². The lowest BCUT2D eigenvalue weighted by atomic mass is 10.0. The highest BCUT2D eigenvalue weighted by atomic mass is 16.5. The molecule has 5 heteroatoms. The molecular formula is C24H23NO4. The first-order valence-electron chi connectivity index (χ1n) is 9.47. The van der Waals surface area contributed by atoms with E-state index in [1.807, 2.05) is 65.4 Å². The summed E-state index contributed by atoms with van der Waals surface area (Å²) in [5.41, 5.74) is 3.41. The highest BCUT2D eigenvalue weighted by Gasteiger charge is 2.12. The standard InChI is InChI=1S/C24H23NO4/c1-2-18-10-12-20(13-11-18)24(28)22-9-5-15-25(22)14-4-7-19-6-3-8-21(16-19)29-17-23(26)27/h3-13,15-16H,2,14,17H2,1H3,(H,26,27). The largest absolute Gasteiger partial charge is 0.482 e. The minimum Gasteiger partial charge on any atom is -0.482 e. The van der Waals surface area contributed by atoms with Crippen LogP contribution >= 0.6 is 0 Å². The molecule has 0 bridgehead atoms. The zero-order valence-corrected chi connectivity index (χ0v) is 16.2. The molecule has 29 heavy (non-hydrogen) atoms. The topological polar surface area (TPSA) is 68.5 Å². The minimum absolute atomic E-state index is 0.00452. The number of benzene rings is 2. The van der Waals surface area contributed by atoms with Crippen molar-refractivity contribution >= 4 is 17.8 Å². The molecule has 0 spiro atoms. The summed E-state index contributed by atoms with van der Waals surface area (Å²) in [4.78, 5) is 23.4. The Hall–Kier alpha value is -3.60. The van der Waals surface area contributed by atoms with Crippen molar-refractivity contribution in [3.63, 3.8) is 0 Å². The van der Waals surface area contributed by atoms with Gasteiger partial charge in [-0.25, -0.2) is 4.79 Å². The van der Waals surface area contributed by atoms with Gasteiger partial charge < -0.3 is 14.4 Å². The van der Waals surface area contributed by atoms with Crippen molar-refractivity contribution in [2.45, 2.75) is 19.9 Å². The summed E-state index contributed by atoms with van der Waals surface area (Å²) in [6.45, 7) is 2.25. The third-order valence-electron chi connectivity index (χ3n) is 4.52. The van der Waals surface area contributed by atoms with Crippen LogP contribution in [0, 0.1) is 0 Å². The van der Waals surface area contributed by atoms with Gasteiger partial charge in [0, 0.05) is 18.3 Å². The van der Waals surface area contributed by atoms with E-state index in [1.54, 1.807) is 18.2 Å². The molecule has 5 nitrogen and oxygen atoms in total. The summed E-state index contributed by atoms with van der Waals surface area (Å²) < 4.78 is 7.09. The van der Waals surface area contributed by atoms with Gasteiger partial charge in [0.05, 0.1) is 5.69 Å². The molecular weight excluding hydrogens is 366 g/mol. The van der Waals surface area contributed by atoms with Crippen LogP contribution in [0.25, 0.3) is 6.08 Å². The number of aromatic nitrogens is 1. The lowest BCUT2D eigenvalue weighted by molar-refractivity contribution is -0.139. The molecule has 0 saturated carbocycles. The van der Waals surface area contributed by atoms with Gasteiger partial charge in [0.15, 0.2) is 6.61 Å². The van der Waals surface area contributed by atoms with Gasteiger partial charge in [0.1, 0.15) is 5.75 Å². The van der Waals surface area contributed by atoms with Gasteiger partial charge in [-0.05, 0) is 41.8 Å². The van der Waals surface area contributed by atoms with Crippen molar-refractivity contribution < 1.29 is 19.4 Å². The van der Waals surface area contributed by atoms with Crippen molar-refractivity contribution in [1.29, 1.82) is 0 Å². The van der Waals surface area contributed by atoms with Crippen LogP contribution in [-0.2, 0) is 17.8 Å². The molecule has 148 valence electrons. The summed E-state index contributed by atoms with van der Waals surface area (Å²) in [6.07, 6.45) is 6.69. The van der Waals surface area contributed by atoms with E-state index in [0.29, 0.717) is 23.6 Å². The second-order valence-electron chi connectivity index (χ2n) is 6.58. The second kappa shape index (κ2) is 9.55. The zero-order chi connectivity index (χ0) is 20.6. The summed E-state index contributed by atoms with van der Waals surface area (Å²) in [7, 11) is 0. The highest BCUT2D eigenvalue weighted by molar-refractivity contribution is 6.08. The fourth-order valence-corrected chi connectivity index (χ4v) is 2.97. The molecule has 1 heterocycles. The van der Waals surface area contributed by atoms with E-state index < -0.39 is 5.97 Å². The molecule has 1 aromatic heterocycles. The number of carbonyl (C=O) groups excluding carboxylic acids is 1. The van der Waals surface area contributed by atoms with Gasteiger partial charge in [-0.2, -0.15) is 0 Å². The Bertz CT molecular complexity index is 1020. The third kappa shape index (κ3) is 5.45. The first-order chi connectivity index (χ1) is 14.1. The molecule has 0 unspecified atom stereocenters. The van der Waals surface area contributed by atoms with Crippen LogP contribution in [0.4, 0.5) is 0 Å². The summed E-state index contributed by atoms with van der Waals surface area (Å²) in [6, 6.07) is 18.6. The number of hydrogen-bond acceptors (Lipinski definition) is 3. The minimum atomic E-state index is -1.01. The Morgan fingerprint density at radius 2 is 1.86 bits per heavy atom. The molecule has 0 aliphatic heterocycles. The summed E-state index contributed by atoms with van der Waals surface area (Å²) >= 11 is 0. The van der Waals surface area contributed by atoms with E-state index in [-0.39, 0.29) is 12.4 Å². The smallest absolute Gasteiger partial charge is 0.341 e. The molecule has 0 radical (unpaired) electrons. The Labute approximate surface area is 169 Å². The Balaban J connectivity index is 1.67. The van der Waals surface area contributed by atoms with Gasteiger partial charge in [-0.1, -0.05) is 55.5 Å². The van der Waals surface area contributed by atoms with Crippen LogP contribution in [0.3, 0.4) is 0 Å². The fraction of sp³-hybridized carbons (Fsp3) is 0.167. The lowest BCUT2D eigenvalue weighted by Crippen LogP contribution is -2.09. The first kappa shape index (κ1) is 20.1. The van der Waals surface area contributed by atoms with Gasteiger partial charge in [-0.3, -0.25) is 4.79 Å². The van der Waals surface area contributed by atoms with Crippen LogP contribution in [0.5, 0.6) is 5.75 Å². The maximum Gasteiger partial charge on any atom is 0.341 e. The van der Waals surface area contributed by atoms with E-state index in [2.05, 4.69) is 6.92 Å². The molecule has 0 aliphatic rings. The number of carbonyl (C=O) groups is 2. The number of carboxylic acid groups (broad SMARTS) is 1. The first-order valence-corrected chi connectivity index (χ1v) is 9.47. The predicted octanol–water partition coefficient (Wildman–Crippen LogP) is 4.46. The molecule has 1 N–H and O–H groups in total. The molecule has 0 fully saturated rings. The zero-order valence-electron chi connectivity index (χ0n) is 16.2. The van der Waals surface area contributed by atoms with E-state index in [4.69, 9.17) is 9.84 Å². The van der Waals surface area contributed by atoms with Crippen molar-refractivity contribution in [3.05, 3.63) is 95.3 Å². The number of aryl methyl sites for hydroxylation is 1. The van der Waals surface area contributed by atoms with Crippen molar-refractivity contribution in [2.24, 2.45) is 0 Å². The second-order valence-corrected chi connectivity index (χ2v) is 6.58. The molecule has 0 amide bonds. The molecule has 3 aromatic rings. The number of rotatable bonds is 9. The lowest BCUT2D eigenvalue weighted by Gasteiger charge is -2.07. The average molecular weight is 389 g/mol. The van der Waals surface area contributed by atoms with Crippen molar-refractivity contribution in [1.82, 2.24) is 4.57 Å². The molecule has 2 aromatic carbocycles. The normalized spacial score (nSPS) is 10.9. The van der Waals surface area contributed by atoms with Gasteiger partial charge in [-0.15, -0.1) is 0 Å². The third-order valence-corrected chi connectivity index (χ3v) is 4.52. The van der Waals surface area contributed by atoms with Crippen molar-refractivity contribution in [2.75, 3.05) is 6.61 Å². The van der Waals surface area contributed by atoms with E-state index in [1.165, 1.54) is 5.56 Å². The number of hydrogen-bond donors (Lipinski definition) is 1. The highest BCUT2D eigenvalue weighted by Crippen LogP contribution is 2.16. The number of nitrogens with zero attached hydrogens (tertiary/aromatic N) is 1. The predicted molar refractivity (Wildman–Crippen MR) is 112 cm³/mol. The average Bonchev–Trinajstić information content (AvgIpc) is 3.20. The molecule has 0 aliphatic carbocycles. The Morgan fingerprint density at radius 3 is 2.59 bits per heavy atom. The maximum atomic E-state index is 12.8. The van der Waals surface area contributed by atoms with Crippen LogP contribution in [-0.4, -0.2) is 28.0 Å². The summed E-state index contributed by atoms with van der Waals surface area (Å²) in [5, 5.41) is 8.70. The molecule has 0 atom stereocenters. The van der Waals surface area contributed by atoms with Crippen molar-refractivity contribution in [3.8, 4) is 5.75 Å². The SMILES string of the molecule is CCc1ccc(C(=O)c2cccn2CC=Cc2cccc(OCC(=O)O)c2)cc1. The number of allylic oxidation sites excluding steroid dienone is 1. The monoisotopic (exact) mass is 389 g/mol. The molecule has 3 rings (SSSR count). The van der Waals surface area contributed by atoms with E-state index in [9.17, 15) is 9.59 Å². The number of ether oxygens (including phenoxy) is 1. The van der Waals surface area contributed by atoms with Crippen LogP contribution in [0.2, 0.25) is 0 Å². The van der Waals surface area contributed by atoms with Gasteiger partial charge in [0.25, 0.3) is 0 Å². The number of ketones is 1. The van der Waals surface area contributed by atoms with E-state index >= 15 is 0 Å². The molecule has 0 saturated heterocycles. The van der Waals surface area contributed by atoms with Gasteiger partial charge in [0.2, 0.25) is 5.78 Å². The Kier molecular flexibility index (Phi) is 6.63. The quantitative estimate of drug-likeness (QED) is 0.549. The Morgan fingerprint density at radius 1 is 1.07 bits per heavy atom. The van der Waals surface area contributed by atoms with Crippen LogP contribution in [0.1, 0.15) is 34.1 Å². The van der Waals surface area contributed by atoms with E-state index in [0.717, 1.165) is 12.0 Å². The summed E-state index contributed by atoms with van der Waals surface area (Å²) in [5.74, 6) is -0.517. The van der Waals surface area contributed by atoms with Crippen LogP contribution in [0.15, 0.2) is 72.9 Å². The maximum absolute atomic E-state index is 12.8. The fourth-order valence-electron chi connectivity index (χ4n) is 2.97.